The van der Waals surface area contributed by atoms with Crippen molar-refractivity contribution in [2.24, 2.45) is 10.9 Å². The zero-order valence-corrected chi connectivity index (χ0v) is 9.25. The minimum atomic E-state index is -0.391. The normalized spacial score (nSPS) is 11.3. The summed E-state index contributed by atoms with van der Waals surface area (Å²) < 4.78 is 18.4. The number of rotatable bonds is 3. The summed E-state index contributed by atoms with van der Waals surface area (Å²) in [6.45, 7) is 0. The topological polar surface area (TPSA) is 80.7 Å². The molecule has 18 heavy (non-hydrogen) atoms. The molecule has 3 N–H and O–H groups in total. The first-order valence-electron chi connectivity index (χ1n) is 5.06. The van der Waals surface area contributed by atoms with Gasteiger partial charge in [-0.3, -0.25) is 4.98 Å². The van der Waals surface area contributed by atoms with Gasteiger partial charge in [0, 0.05) is 18.3 Å². The Bertz CT molecular complexity index is 587. The number of oxime groups is 1. The van der Waals surface area contributed by atoms with Crippen molar-refractivity contribution in [2.75, 3.05) is 0 Å². The van der Waals surface area contributed by atoms with Crippen LogP contribution < -0.4 is 10.5 Å². The molecule has 0 aliphatic rings. The van der Waals surface area contributed by atoms with Crippen LogP contribution >= 0.6 is 0 Å². The predicted octanol–water partition coefficient (Wildman–Crippen LogP) is 2.11. The molecule has 0 atom stereocenters. The highest BCUT2D eigenvalue weighted by Gasteiger charge is 2.04. The van der Waals surface area contributed by atoms with Crippen LogP contribution in [0.4, 0.5) is 4.39 Å². The smallest absolute Gasteiger partial charge is 0.188 e. The average molecular weight is 247 g/mol. The Morgan fingerprint density at radius 3 is 2.78 bits per heavy atom. The molecule has 1 heterocycles. The minimum Gasteiger partial charge on any atom is -0.457 e. The van der Waals surface area contributed by atoms with Gasteiger partial charge in [-0.05, 0) is 18.2 Å². The molecule has 2 aromatic rings. The van der Waals surface area contributed by atoms with Gasteiger partial charge in [-0.15, -0.1) is 0 Å². The Morgan fingerprint density at radius 1 is 1.28 bits per heavy atom. The van der Waals surface area contributed by atoms with E-state index in [1.165, 1.54) is 30.5 Å². The maximum atomic E-state index is 13.0. The lowest BCUT2D eigenvalue weighted by Gasteiger charge is -2.06. The molecule has 92 valence electrons. The average Bonchev–Trinajstić information content (AvgIpc) is 2.38. The van der Waals surface area contributed by atoms with Gasteiger partial charge in [0.1, 0.15) is 23.0 Å². The van der Waals surface area contributed by atoms with Crippen molar-refractivity contribution >= 4 is 5.84 Å². The van der Waals surface area contributed by atoms with Crippen molar-refractivity contribution < 1.29 is 14.3 Å². The van der Waals surface area contributed by atoms with E-state index in [-0.39, 0.29) is 11.5 Å². The first-order valence-corrected chi connectivity index (χ1v) is 5.06. The van der Waals surface area contributed by atoms with Gasteiger partial charge in [0.15, 0.2) is 5.84 Å². The molecule has 0 unspecified atom stereocenters. The van der Waals surface area contributed by atoms with E-state index >= 15 is 0 Å². The standard InChI is InChI=1S/C12H10FN3O2/c13-8-2-1-3-9(6-8)18-10-4-5-15-11(7-10)12(14)16-17/h1-7,17H,(H2,14,16). The van der Waals surface area contributed by atoms with E-state index < -0.39 is 5.82 Å². The Morgan fingerprint density at radius 2 is 2.06 bits per heavy atom. The third kappa shape index (κ3) is 2.73. The summed E-state index contributed by atoms with van der Waals surface area (Å²) >= 11 is 0. The zero-order valence-electron chi connectivity index (χ0n) is 9.25. The maximum Gasteiger partial charge on any atom is 0.188 e. The number of hydrogen-bond donors (Lipinski definition) is 2. The van der Waals surface area contributed by atoms with Crippen molar-refractivity contribution in [1.82, 2.24) is 4.98 Å². The lowest BCUT2D eigenvalue weighted by Crippen LogP contribution is -2.14. The van der Waals surface area contributed by atoms with Gasteiger partial charge >= 0.3 is 0 Å². The molecule has 0 amide bonds. The van der Waals surface area contributed by atoms with Crippen LogP contribution in [0.5, 0.6) is 11.5 Å². The van der Waals surface area contributed by atoms with Crippen LogP contribution in [0.3, 0.4) is 0 Å². The second-order valence-corrected chi connectivity index (χ2v) is 3.42. The van der Waals surface area contributed by atoms with Crippen molar-refractivity contribution in [3.8, 4) is 11.5 Å². The van der Waals surface area contributed by atoms with Crippen molar-refractivity contribution in [2.45, 2.75) is 0 Å². The molecule has 6 heteroatoms. The van der Waals surface area contributed by atoms with E-state index in [0.29, 0.717) is 11.5 Å². The highest BCUT2D eigenvalue weighted by molar-refractivity contribution is 5.95. The monoisotopic (exact) mass is 247 g/mol. The fourth-order valence-corrected chi connectivity index (χ4v) is 1.33. The number of nitrogens with two attached hydrogens (primary N) is 1. The predicted molar refractivity (Wildman–Crippen MR) is 63.2 cm³/mol. The van der Waals surface area contributed by atoms with Crippen molar-refractivity contribution in [3.05, 3.63) is 54.1 Å². The lowest BCUT2D eigenvalue weighted by molar-refractivity contribution is 0.318. The van der Waals surface area contributed by atoms with Gasteiger partial charge in [-0.1, -0.05) is 11.2 Å². The number of pyridine rings is 1. The molecule has 0 spiro atoms. The van der Waals surface area contributed by atoms with Crippen LogP contribution in [0.15, 0.2) is 47.8 Å². The number of nitrogens with zero attached hydrogens (tertiary/aromatic N) is 2. The first kappa shape index (κ1) is 11.8. The van der Waals surface area contributed by atoms with Gasteiger partial charge in [-0.2, -0.15) is 0 Å². The third-order valence-electron chi connectivity index (χ3n) is 2.13. The SMILES string of the molecule is NC(=NO)c1cc(Oc2cccc(F)c2)ccn1. The molecule has 0 saturated heterocycles. The van der Waals surface area contributed by atoms with E-state index in [1.54, 1.807) is 12.1 Å². The minimum absolute atomic E-state index is 0.125. The zero-order chi connectivity index (χ0) is 13.0. The number of amidine groups is 1. The Kier molecular flexibility index (Phi) is 3.38. The first-order chi connectivity index (χ1) is 8.69. The quantitative estimate of drug-likeness (QED) is 0.376. The highest BCUT2D eigenvalue weighted by Crippen LogP contribution is 2.21. The highest BCUT2D eigenvalue weighted by atomic mass is 19.1. The van der Waals surface area contributed by atoms with E-state index in [9.17, 15) is 4.39 Å². The van der Waals surface area contributed by atoms with Crippen molar-refractivity contribution in [3.63, 3.8) is 0 Å². The molecule has 1 aromatic heterocycles. The molecular weight excluding hydrogens is 237 g/mol. The van der Waals surface area contributed by atoms with Crippen LogP contribution in [0.1, 0.15) is 5.69 Å². The summed E-state index contributed by atoms with van der Waals surface area (Å²) in [6, 6.07) is 8.80. The van der Waals surface area contributed by atoms with Gasteiger partial charge in [-0.25, -0.2) is 4.39 Å². The largest absolute Gasteiger partial charge is 0.457 e. The van der Waals surface area contributed by atoms with E-state index in [4.69, 9.17) is 15.7 Å². The van der Waals surface area contributed by atoms with Gasteiger partial charge in [0.05, 0.1) is 0 Å². The van der Waals surface area contributed by atoms with Crippen LogP contribution in [-0.2, 0) is 0 Å². The summed E-state index contributed by atoms with van der Waals surface area (Å²) in [7, 11) is 0. The van der Waals surface area contributed by atoms with Gasteiger partial charge in [0.2, 0.25) is 0 Å². The number of halogens is 1. The summed E-state index contributed by atoms with van der Waals surface area (Å²) in [5.41, 5.74) is 5.67. The van der Waals surface area contributed by atoms with Gasteiger partial charge in [0.25, 0.3) is 0 Å². The molecule has 1 aromatic carbocycles. The molecule has 0 aliphatic heterocycles. The second kappa shape index (κ2) is 5.13. The summed E-state index contributed by atoms with van der Waals surface area (Å²) in [5.74, 6) is 0.252. The van der Waals surface area contributed by atoms with Crippen molar-refractivity contribution in [1.29, 1.82) is 0 Å². The maximum absolute atomic E-state index is 13.0. The summed E-state index contributed by atoms with van der Waals surface area (Å²) in [4.78, 5) is 3.90. The molecule has 0 saturated carbocycles. The molecule has 0 radical (unpaired) electrons. The third-order valence-corrected chi connectivity index (χ3v) is 2.13. The number of aromatic nitrogens is 1. The molecule has 0 bridgehead atoms. The van der Waals surface area contributed by atoms with Crippen LogP contribution in [0.2, 0.25) is 0 Å². The fourth-order valence-electron chi connectivity index (χ4n) is 1.33. The van der Waals surface area contributed by atoms with E-state index in [2.05, 4.69) is 10.1 Å². The Labute approximate surface area is 102 Å². The van der Waals surface area contributed by atoms with Crippen LogP contribution in [0, 0.1) is 5.82 Å². The fraction of sp³-hybridized carbons (Fsp3) is 0. The van der Waals surface area contributed by atoms with Gasteiger partial charge < -0.3 is 15.7 Å². The summed E-state index contributed by atoms with van der Waals surface area (Å²) in [6.07, 6.45) is 1.45. The Hall–Kier alpha value is -2.63. The molecule has 2 rings (SSSR count). The lowest BCUT2D eigenvalue weighted by atomic mass is 10.3. The van der Waals surface area contributed by atoms with Crippen LogP contribution in [-0.4, -0.2) is 16.0 Å². The second-order valence-electron chi connectivity index (χ2n) is 3.42. The van der Waals surface area contributed by atoms with E-state index in [1.807, 2.05) is 0 Å². The molecular formula is C12H10FN3O2. The number of benzene rings is 1. The molecule has 0 fully saturated rings. The Balaban J connectivity index is 2.24. The van der Waals surface area contributed by atoms with E-state index in [0.717, 1.165) is 0 Å². The molecule has 0 aliphatic carbocycles. The number of hydrogen-bond acceptors (Lipinski definition) is 4. The number of ether oxygens (including phenoxy) is 1. The molecule has 5 nitrogen and oxygen atoms in total. The summed E-state index contributed by atoms with van der Waals surface area (Å²) in [5, 5.41) is 11.4. The van der Waals surface area contributed by atoms with Crippen LogP contribution in [0.25, 0.3) is 0 Å².